The minimum absolute atomic E-state index is 0.0906. The summed E-state index contributed by atoms with van der Waals surface area (Å²) in [5.74, 6) is -0.517. The summed E-state index contributed by atoms with van der Waals surface area (Å²) in [7, 11) is 3.41. The molecule has 2 heterocycles. The minimum atomic E-state index is -0.381. The number of para-hydroxylation sites is 1. The van der Waals surface area contributed by atoms with Crippen molar-refractivity contribution >= 4 is 75.1 Å². The van der Waals surface area contributed by atoms with Gasteiger partial charge in [-0.15, -0.1) is 0 Å². The number of hydrogen-bond donors (Lipinski definition) is 0. The molecule has 0 aliphatic carbocycles. The number of benzene rings is 3. The fourth-order valence-corrected chi connectivity index (χ4v) is 6.57. The van der Waals surface area contributed by atoms with Crippen molar-refractivity contribution in [1.82, 2.24) is 9.80 Å². The summed E-state index contributed by atoms with van der Waals surface area (Å²) in [4.78, 5) is 31.0. The van der Waals surface area contributed by atoms with Gasteiger partial charge in [0, 0.05) is 0 Å². The monoisotopic (exact) mass is 580 g/mol. The van der Waals surface area contributed by atoms with Gasteiger partial charge in [0.05, 0.1) is 0 Å². The molecule has 2 amide bonds. The molecule has 1 aromatic heterocycles. The Morgan fingerprint density at radius 3 is 2.21 bits per heavy atom. The van der Waals surface area contributed by atoms with Crippen LogP contribution in [0.5, 0.6) is 0 Å². The molecule has 3 aromatic carbocycles. The van der Waals surface area contributed by atoms with Crippen molar-refractivity contribution in [2.75, 3.05) is 19.0 Å². The van der Waals surface area contributed by atoms with Gasteiger partial charge < -0.3 is 0 Å². The maximum absolute atomic E-state index is 12.8. The Balaban J connectivity index is 1.60. The number of fused-ring (bicyclic) bond motifs is 1. The first-order chi connectivity index (χ1) is 16.5. The molecule has 34 heavy (non-hydrogen) atoms. The Morgan fingerprint density at radius 1 is 0.824 bits per heavy atom. The summed E-state index contributed by atoms with van der Waals surface area (Å²) < 4.78 is 2.13. The van der Waals surface area contributed by atoms with Gasteiger partial charge >= 0.3 is 214 Å². The van der Waals surface area contributed by atoms with Crippen molar-refractivity contribution in [3.8, 4) is 0 Å². The summed E-state index contributed by atoms with van der Waals surface area (Å²) in [6, 6.07) is 29.1. The van der Waals surface area contributed by atoms with Crippen molar-refractivity contribution in [1.29, 1.82) is 0 Å². The van der Waals surface area contributed by atoms with Crippen molar-refractivity contribution in [3.05, 3.63) is 94.9 Å². The van der Waals surface area contributed by atoms with Crippen molar-refractivity contribution in [2.45, 2.75) is 5.06 Å². The van der Waals surface area contributed by atoms with E-state index in [0.717, 1.165) is 20.4 Å². The number of anilines is 3. The van der Waals surface area contributed by atoms with Crippen molar-refractivity contribution in [3.63, 3.8) is 0 Å². The third kappa shape index (κ3) is 4.02. The van der Waals surface area contributed by atoms with Crippen LogP contribution in [-0.4, -0.2) is 71.3 Å². The summed E-state index contributed by atoms with van der Waals surface area (Å²) in [5.41, 5.74) is 2.38. The number of rotatable bonds is 4. The summed E-state index contributed by atoms with van der Waals surface area (Å²) in [6.07, 6.45) is 1.76. The van der Waals surface area contributed by atoms with E-state index >= 15 is 0 Å². The van der Waals surface area contributed by atoms with Gasteiger partial charge in [-0.2, -0.15) is 0 Å². The fourth-order valence-electron chi connectivity index (χ4n) is 4.10. The van der Waals surface area contributed by atoms with Gasteiger partial charge in [-0.3, -0.25) is 0 Å². The quantitative estimate of drug-likeness (QED) is 0.208. The number of amides is 2. The molecule has 5 nitrogen and oxygen atoms in total. The van der Waals surface area contributed by atoms with E-state index < -0.39 is 0 Å². The van der Waals surface area contributed by atoms with Crippen LogP contribution in [-0.2, 0) is 9.59 Å². The van der Waals surface area contributed by atoms with Crippen molar-refractivity contribution in [2.24, 2.45) is 0 Å². The molecule has 1 aliphatic heterocycles. The van der Waals surface area contributed by atoms with Crippen LogP contribution in [0.15, 0.2) is 90.5 Å². The van der Waals surface area contributed by atoms with E-state index in [1.54, 1.807) is 30.0 Å². The van der Waals surface area contributed by atoms with Gasteiger partial charge in [0.25, 0.3) is 0 Å². The Morgan fingerprint density at radius 2 is 1.47 bits per heavy atom. The van der Waals surface area contributed by atoms with E-state index in [1.807, 2.05) is 24.3 Å². The van der Waals surface area contributed by atoms with E-state index in [4.69, 9.17) is 0 Å². The molecular weight excluding hydrogens is 556 g/mol. The Kier molecular flexibility index (Phi) is 6.20. The van der Waals surface area contributed by atoms with Gasteiger partial charge in [-0.25, -0.2) is 0 Å². The molecule has 1 saturated heterocycles. The van der Waals surface area contributed by atoms with Gasteiger partial charge in [0.15, 0.2) is 0 Å². The number of carbonyl (C=O) groups excluding carboxylic acids is 2. The molecule has 7 heteroatoms. The van der Waals surface area contributed by atoms with E-state index in [9.17, 15) is 9.59 Å². The van der Waals surface area contributed by atoms with Gasteiger partial charge in [-0.05, 0) is 0 Å². The predicted octanol–water partition coefficient (Wildman–Crippen LogP) is 4.13. The first-order valence-corrected chi connectivity index (χ1v) is 13.5. The number of nitrogens with zero attached hydrogens (tertiary/aromatic N) is 3. The van der Waals surface area contributed by atoms with Crippen LogP contribution in [0.3, 0.4) is 0 Å². The second-order valence-electron chi connectivity index (χ2n) is 8.06. The van der Waals surface area contributed by atoms with Crippen LogP contribution in [0.25, 0.3) is 16.8 Å². The van der Waals surface area contributed by atoms with Crippen LogP contribution in [0, 0.1) is 0 Å². The number of hydrogen-bond acceptors (Lipinski definition) is 3. The molecule has 1 fully saturated rings. The average Bonchev–Trinajstić information content (AvgIpc) is 3.33. The van der Waals surface area contributed by atoms with Crippen LogP contribution in [0.1, 0.15) is 4.44 Å². The predicted molar refractivity (Wildman–Crippen MR) is 139 cm³/mol. The topological polar surface area (TPSA) is 43.9 Å². The molecule has 0 atom stereocenters. The summed E-state index contributed by atoms with van der Waals surface area (Å²) in [6.45, 7) is 0. The number of likely N-dealkylation sites (N-methyl/N-ethyl adjacent to an activating group) is 2. The third-order valence-electron chi connectivity index (χ3n) is 5.91. The zero-order valence-corrected chi connectivity index (χ0v) is 22.1. The number of carbonyl (C=O) groups is 2. The van der Waals surface area contributed by atoms with Gasteiger partial charge in [0.2, 0.25) is 0 Å². The molecular formula is C27H22N3O2Se2. The van der Waals surface area contributed by atoms with Crippen LogP contribution in [0.4, 0.5) is 15.9 Å². The van der Waals surface area contributed by atoms with Crippen LogP contribution >= 0.6 is 0 Å². The third-order valence-corrected chi connectivity index (χ3v) is 9.37. The molecule has 0 bridgehead atoms. The molecule has 0 saturated carbocycles. The Labute approximate surface area is 212 Å². The maximum atomic E-state index is 12.8. The SMILES string of the molecule is CN1C(=O)C(=Cc2ccc(N(c3ccccc3)c3cccc4ccccc34)[se]2)C(=O)N(C)C1[Se]. The van der Waals surface area contributed by atoms with E-state index in [0.29, 0.717) is 0 Å². The molecule has 5 rings (SSSR count). The zero-order chi connectivity index (χ0) is 23.8. The van der Waals surface area contributed by atoms with E-state index in [1.165, 1.54) is 10.8 Å². The zero-order valence-electron chi connectivity index (χ0n) is 18.7. The van der Waals surface area contributed by atoms with Crippen LogP contribution < -0.4 is 4.90 Å². The molecule has 1 radical (unpaired) electrons. The first kappa shape index (κ1) is 22.7. The van der Waals surface area contributed by atoms with Crippen molar-refractivity contribution < 1.29 is 9.59 Å². The van der Waals surface area contributed by atoms with Crippen LogP contribution in [0.2, 0.25) is 0 Å². The van der Waals surface area contributed by atoms with E-state index in [-0.39, 0.29) is 37.0 Å². The van der Waals surface area contributed by atoms with Gasteiger partial charge in [0.1, 0.15) is 0 Å². The standard InChI is InChI=1S/C27H22N3O2Se2/c1-28-25(31)22(26(32)29(2)27(28)33)17-20-15-16-24(34-20)30(19-11-4-3-5-12-19)23-14-8-10-18-9-6-7-13-21(18)23/h3-17,27H,1-2H3. The Hall–Kier alpha value is -3.08. The normalized spacial score (nSPS) is 16.3. The molecule has 169 valence electrons. The second kappa shape index (κ2) is 9.28. The molecule has 0 spiro atoms. The Bertz CT molecular complexity index is 1380. The summed E-state index contributed by atoms with van der Waals surface area (Å²) >= 11 is 2.79. The fraction of sp³-hybridized carbons (Fsp3) is 0.111. The van der Waals surface area contributed by atoms with Gasteiger partial charge in [-0.1, -0.05) is 0 Å². The molecule has 0 unspecified atom stereocenters. The molecule has 1 aliphatic rings. The molecule has 4 aromatic rings. The van der Waals surface area contributed by atoms with E-state index in [2.05, 4.69) is 81.6 Å². The molecule has 0 N–H and O–H groups in total. The average molecular weight is 578 g/mol. The summed E-state index contributed by atoms with van der Waals surface area (Å²) in [5, 5.41) is 1.97. The second-order valence-corrected chi connectivity index (χ2v) is 11.2. The first-order valence-electron chi connectivity index (χ1n) is 10.8.